The van der Waals surface area contributed by atoms with Crippen LogP contribution in [0.5, 0.6) is 5.88 Å². The number of anilines is 2. The van der Waals surface area contributed by atoms with Gasteiger partial charge in [-0.2, -0.15) is 0 Å². The van der Waals surface area contributed by atoms with Crippen LogP contribution < -0.4 is 26.6 Å². The van der Waals surface area contributed by atoms with Crippen LogP contribution in [0.25, 0.3) is 33.3 Å². The van der Waals surface area contributed by atoms with Gasteiger partial charge in [0.05, 0.1) is 53.0 Å². The molecule has 3 N–H and O–H groups in total. The lowest BCUT2D eigenvalue weighted by molar-refractivity contribution is -0.0281. The number of halogens is 2. The number of aromatic nitrogens is 5. The molecular weight excluding hydrogens is 633 g/mol. The highest BCUT2D eigenvalue weighted by Crippen LogP contribution is 2.42. The predicted molar refractivity (Wildman–Crippen MR) is 177 cm³/mol. The summed E-state index contributed by atoms with van der Waals surface area (Å²) in [5.74, 6) is 0.597. The van der Waals surface area contributed by atoms with E-state index < -0.39 is 17.4 Å². The van der Waals surface area contributed by atoms with Crippen molar-refractivity contribution in [3.05, 3.63) is 91.4 Å². The Morgan fingerprint density at radius 2 is 1.76 bits per heavy atom. The number of ether oxygens (including phenoxy) is 2. The van der Waals surface area contributed by atoms with Crippen LogP contribution in [0.4, 0.5) is 11.5 Å². The Morgan fingerprint density at radius 3 is 2.52 bits per heavy atom. The van der Waals surface area contributed by atoms with E-state index in [1.54, 1.807) is 25.4 Å². The molecule has 238 valence electrons. The normalized spacial score (nSPS) is 16.5. The van der Waals surface area contributed by atoms with Crippen molar-refractivity contribution in [1.82, 2.24) is 29.4 Å². The summed E-state index contributed by atoms with van der Waals surface area (Å²) in [5, 5.41) is 17.7. The van der Waals surface area contributed by atoms with Crippen LogP contribution in [0.15, 0.2) is 64.4 Å². The highest BCUT2D eigenvalue weighted by Gasteiger charge is 2.24. The lowest BCUT2D eigenvalue weighted by atomic mass is 10.0. The summed E-state index contributed by atoms with van der Waals surface area (Å²) in [5.41, 5.74) is 3.02. The van der Waals surface area contributed by atoms with Crippen molar-refractivity contribution in [2.45, 2.75) is 25.1 Å². The molecule has 0 unspecified atom stereocenters. The standard InChI is InChI=1S/C32H31Cl2N7O5/c1-40-24-10-12-35-29(26(24)31(43)41(2)32(40)44)38-21-9-5-7-18(28(21)34)17-6-4-8-19(27(17)33)22-14-37-23(30(39-22)45-3)15-36-20-11-13-46-16-25(20)42/h4-10,12,14,20,25,36,42H,11,13,15-16H2,1-3H3,(H,35,38)/t20-,25-/m1/s1. The molecule has 0 radical (unpaired) electrons. The number of methoxy groups -OCH3 is 1. The minimum atomic E-state index is -0.597. The molecule has 12 nitrogen and oxygen atoms in total. The number of rotatable bonds is 8. The second kappa shape index (κ2) is 13.2. The lowest BCUT2D eigenvalue weighted by Crippen LogP contribution is -2.46. The van der Waals surface area contributed by atoms with Crippen molar-refractivity contribution in [1.29, 1.82) is 0 Å². The number of pyridine rings is 1. The van der Waals surface area contributed by atoms with E-state index in [4.69, 9.17) is 32.7 Å². The Hall–Kier alpha value is -4.33. The molecule has 14 heteroatoms. The number of nitrogens with one attached hydrogen (secondary N) is 2. The minimum absolute atomic E-state index is 0.114. The number of fused-ring (bicyclic) bond motifs is 1. The number of hydrogen-bond acceptors (Lipinski definition) is 10. The van der Waals surface area contributed by atoms with Crippen molar-refractivity contribution < 1.29 is 14.6 Å². The Bertz CT molecular complexity index is 2070. The molecule has 2 atom stereocenters. The number of nitrogens with zero attached hydrogens (tertiary/aromatic N) is 5. The minimum Gasteiger partial charge on any atom is -0.480 e. The largest absolute Gasteiger partial charge is 0.480 e. The fraction of sp³-hybridized carbons (Fsp3) is 0.281. The molecule has 5 aromatic rings. The second-order valence-electron chi connectivity index (χ2n) is 10.8. The Labute approximate surface area is 273 Å². The van der Waals surface area contributed by atoms with Crippen molar-refractivity contribution in [3.63, 3.8) is 0 Å². The van der Waals surface area contributed by atoms with E-state index in [2.05, 4.69) is 25.6 Å². The van der Waals surface area contributed by atoms with Crippen molar-refractivity contribution in [2.24, 2.45) is 14.1 Å². The number of aryl methyl sites for hydroxylation is 1. The van der Waals surface area contributed by atoms with Gasteiger partial charge in [0.1, 0.15) is 16.9 Å². The predicted octanol–water partition coefficient (Wildman–Crippen LogP) is 4.05. The van der Waals surface area contributed by atoms with Gasteiger partial charge < -0.3 is 25.2 Å². The summed E-state index contributed by atoms with van der Waals surface area (Å²) in [7, 11) is 4.54. The van der Waals surface area contributed by atoms with Crippen LogP contribution in [0, 0.1) is 0 Å². The maximum atomic E-state index is 13.1. The molecule has 1 fully saturated rings. The number of aliphatic hydroxyl groups is 1. The molecule has 0 bridgehead atoms. The first kappa shape index (κ1) is 31.6. The third kappa shape index (κ3) is 5.85. The molecule has 0 spiro atoms. The van der Waals surface area contributed by atoms with Gasteiger partial charge in [-0.3, -0.25) is 18.9 Å². The molecule has 0 saturated carbocycles. The SMILES string of the molecule is COc1nc(-c2cccc(-c3cccc(Nc4nccc5c4c(=O)n(C)c(=O)n5C)c3Cl)c2Cl)cnc1CN[C@@H]1CCOC[C@H]1O. The zero-order valence-electron chi connectivity index (χ0n) is 25.3. The van der Waals surface area contributed by atoms with Gasteiger partial charge in [-0.25, -0.2) is 14.8 Å². The van der Waals surface area contributed by atoms with Crippen LogP contribution in [0.1, 0.15) is 12.1 Å². The molecule has 0 aliphatic carbocycles. The zero-order valence-corrected chi connectivity index (χ0v) is 26.8. The van der Waals surface area contributed by atoms with Gasteiger partial charge in [-0.1, -0.05) is 53.5 Å². The van der Waals surface area contributed by atoms with E-state index in [1.165, 1.54) is 24.9 Å². The first-order valence-corrected chi connectivity index (χ1v) is 15.2. The maximum absolute atomic E-state index is 13.1. The van der Waals surface area contributed by atoms with Crippen molar-refractivity contribution in [2.75, 3.05) is 25.6 Å². The monoisotopic (exact) mass is 663 g/mol. The van der Waals surface area contributed by atoms with Gasteiger partial charge in [-0.05, 0) is 18.6 Å². The summed E-state index contributed by atoms with van der Waals surface area (Å²) in [4.78, 5) is 39.2. The molecule has 6 rings (SSSR count). The molecule has 2 aromatic carbocycles. The highest BCUT2D eigenvalue weighted by molar-refractivity contribution is 6.39. The fourth-order valence-corrected chi connectivity index (χ4v) is 6.12. The molecule has 1 aliphatic rings. The Kier molecular flexibility index (Phi) is 9.07. The quantitative estimate of drug-likeness (QED) is 0.222. The zero-order chi connectivity index (χ0) is 32.5. The summed E-state index contributed by atoms with van der Waals surface area (Å²) < 4.78 is 13.3. The molecule has 1 saturated heterocycles. The number of benzene rings is 2. The molecule has 46 heavy (non-hydrogen) atoms. The van der Waals surface area contributed by atoms with Gasteiger partial charge in [0.2, 0.25) is 5.88 Å². The van der Waals surface area contributed by atoms with E-state index in [-0.39, 0.29) is 17.2 Å². The van der Waals surface area contributed by atoms with Gasteiger partial charge >= 0.3 is 5.69 Å². The summed E-state index contributed by atoms with van der Waals surface area (Å²) in [6.07, 6.45) is 3.24. The van der Waals surface area contributed by atoms with Crippen molar-refractivity contribution >= 4 is 45.6 Å². The van der Waals surface area contributed by atoms with E-state index in [1.807, 2.05) is 30.3 Å². The third-order valence-electron chi connectivity index (χ3n) is 8.06. The van der Waals surface area contributed by atoms with Gasteiger partial charge in [0, 0.05) is 56.2 Å². The van der Waals surface area contributed by atoms with Crippen molar-refractivity contribution in [3.8, 4) is 28.3 Å². The fourth-order valence-electron chi connectivity index (χ4n) is 5.52. The summed E-state index contributed by atoms with van der Waals surface area (Å²) >= 11 is 13.9. The third-order valence-corrected chi connectivity index (χ3v) is 8.88. The molecule has 1 aliphatic heterocycles. The lowest BCUT2D eigenvalue weighted by Gasteiger charge is -2.28. The van der Waals surface area contributed by atoms with Crippen LogP contribution in [-0.4, -0.2) is 61.7 Å². The first-order chi connectivity index (χ1) is 22.2. The number of hydrogen-bond donors (Lipinski definition) is 3. The van der Waals surface area contributed by atoms with E-state index in [9.17, 15) is 14.7 Å². The molecule has 0 amide bonds. The van der Waals surface area contributed by atoms with Gasteiger partial charge in [-0.15, -0.1) is 0 Å². The smallest absolute Gasteiger partial charge is 0.330 e. The average Bonchev–Trinajstić information content (AvgIpc) is 3.07. The molecule has 4 heterocycles. The summed E-state index contributed by atoms with van der Waals surface area (Å²) in [6, 6.07) is 12.4. The van der Waals surface area contributed by atoms with E-state index in [0.29, 0.717) is 81.4 Å². The van der Waals surface area contributed by atoms with Gasteiger partial charge in [0.25, 0.3) is 5.56 Å². The van der Waals surface area contributed by atoms with Crippen LogP contribution >= 0.6 is 23.2 Å². The summed E-state index contributed by atoms with van der Waals surface area (Å²) in [6.45, 7) is 1.23. The molecule has 3 aromatic heterocycles. The van der Waals surface area contributed by atoms with E-state index >= 15 is 0 Å². The topological polar surface area (TPSA) is 145 Å². The van der Waals surface area contributed by atoms with Crippen LogP contribution in [0.3, 0.4) is 0 Å². The molecular formula is C32H31Cl2N7O5. The van der Waals surface area contributed by atoms with Crippen LogP contribution in [0.2, 0.25) is 10.0 Å². The Balaban J connectivity index is 1.32. The number of aliphatic hydroxyl groups excluding tert-OH is 1. The Morgan fingerprint density at radius 1 is 1.02 bits per heavy atom. The first-order valence-electron chi connectivity index (χ1n) is 14.5. The van der Waals surface area contributed by atoms with Crippen LogP contribution in [-0.2, 0) is 25.4 Å². The van der Waals surface area contributed by atoms with Gasteiger partial charge in [0.15, 0.2) is 0 Å². The highest BCUT2D eigenvalue weighted by atomic mass is 35.5. The average molecular weight is 665 g/mol. The second-order valence-corrected chi connectivity index (χ2v) is 11.6. The van der Waals surface area contributed by atoms with E-state index in [0.717, 1.165) is 4.57 Å². The maximum Gasteiger partial charge on any atom is 0.330 e.